The maximum atomic E-state index is 13.5. The highest BCUT2D eigenvalue weighted by atomic mass is 19.1. The van der Waals surface area contributed by atoms with Crippen molar-refractivity contribution in [2.24, 2.45) is 5.73 Å². The van der Waals surface area contributed by atoms with E-state index in [2.05, 4.69) is 5.32 Å². The molecular formula is C12H14FN3O2. The first-order chi connectivity index (χ1) is 8.54. The van der Waals surface area contributed by atoms with Crippen molar-refractivity contribution in [1.82, 2.24) is 5.32 Å². The molecule has 0 saturated carbocycles. The van der Waals surface area contributed by atoms with E-state index in [1.165, 1.54) is 12.1 Å². The molecule has 0 fully saturated rings. The van der Waals surface area contributed by atoms with Crippen molar-refractivity contribution in [3.63, 3.8) is 0 Å². The molecule has 18 heavy (non-hydrogen) atoms. The summed E-state index contributed by atoms with van der Waals surface area (Å²) in [6.45, 7) is 1.33. The number of nitrogens with two attached hydrogens (primary N) is 1. The Bertz CT molecular complexity index is 469. The molecule has 1 unspecified atom stereocenters. The Kier molecular flexibility index (Phi) is 5.08. The highest BCUT2D eigenvalue weighted by molar-refractivity contribution is 5.77. The Labute approximate surface area is 104 Å². The third-order valence-electron chi connectivity index (χ3n) is 2.20. The van der Waals surface area contributed by atoms with Gasteiger partial charge in [0.05, 0.1) is 6.07 Å². The van der Waals surface area contributed by atoms with Gasteiger partial charge in [0, 0.05) is 17.7 Å². The van der Waals surface area contributed by atoms with E-state index in [9.17, 15) is 9.18 Å². The molecule has 0 radical (unpaired) electrons. The summed E-state index contributed by atoms with van der Waals surface area (Å²) in [5, 5.41) is 10.6. The van der Waals surface area contributed by atoms with E-state index in [0.717, 1.165) is 0 Å². The molecule has 0 aromatic heterocycles. The van der Waals surface area contributed by atoms with Gasteiger partial charge in [-0.2, -0.15) is 5.26 Å². The maximum absolute atomic E-state index is 13.5. The van der Waals surface area contributed by atoms with Crippen molar-refractivity contribution in [2.75, 3.05) is 13.2 Å². The molecule has 0 saturated heterocycles. The van der Waals surface area contributed by atoms with Crippen LogP contribution in [0, 0.1) is 17.1 Å². The van der Waals surface area contributed by atoms with Crippen LogP contribution in [0.4, 0.5) is 4.39 Å². The van der Waals surface area contributed by atoms with Gasteiger partial charge < -0.3 is 15.8 Å². The van der Waals surface area contributed by atoms with E-state index in [1.807, 2.05) is 0 Å². The Balaban J connectivity index is 2.56. The molecule has 1 rings (SSSR count). The van der Waals surface area contributed by atoms with E-state index in [4.69, 9.17) is 15.7 Å². The summed E-state index contributed by atoms with van der Waals surface area (Å²) >= 11 is 0. The highest BCUT2D eigenvalue weighted by Gasteiger charge is 2.09. The van der Waals surface area contributed by atoms with Crippen LogP contribution in [0.5, 0.6) is 5.75 Å². The predicted molar refractivity (Wildman–Crippen MR) is 63.1 cm³/mol. The molecule has 1 amide bonds. The lowest BCUT2D eigenvalue weighted by Gasteiger charge is -2.10. The predicted octanol–water partition coefficient (Wildman–Crippen LogP) is 0.864. The van der Waals surface area contributed by atoms with Crippen molar-refractivity contribution in [2.45, 2.75) is 13.0 Å². The molecule has 1 aromatic rings. The smallest absolute Gasteiger partial charge is 0.258 e. The number of amides is 1. The van der Waals surface area contributed by atoms with E-state index >= 15 is 0 Å². The molecular weight excluding hydrogens is 237 g/mol. The summed E-state index contributed by atoms with van der Waals surface area (Å²) < 4.78 is 18.6. The Morgan fingerprint density at radius 2 is 2.39 bits per heavy atom. The van der Waals surface area contributed by atoms with Gasteiger partial charge in [-0.25, -0.2) is 4.39 Å². The number of halogens is 1. The van der Waals surface area contributed by atoms with E-state index < -0.39 is 17.8 Å². The second-order valence-electron chi connectivity index (χ2n) is 3.70. The molecule has 0 bridgehead atoms. The van der Waals surface area contributed by atoms with Crippen LogP contribution in [-0.4, -0.2) is 19.1 Å². The molecule has 0 heterocycles. The lowest BCUT2D eigenvalue weighted by atomic mass is 10.1. The largest absolute Gasteiger partial charge is 0.484 e. The Hall–Kier alpha value is -2.13. The third kappa shape index (κ3) is 4.03. The lowest BCUT2D eigenvalue weighted by molar-refractivity contribution is -0.122. The van der Waals surface area contributed by atoms with Crippen LogP contribution in [0.1, 0.15) is 18.5 Å². The zero-order chi connectivity index (χ0) is 13.5. The van der Waals surface area contributed by atoms with Crippen LogP contribution in [0.25, 0.3) is 0 Å². The summed E-state index contributed by atoms with van der Waals surface area (Å²) in [7, 11) is 0. The molecule has 0 spiro atoms. The van der Waals surface area contributed by atoms with Crippen molar-refractivity contribution in [3.05, 3.63) is 29.6 Å². The number of nitriles is 1. The minimum atomic E-state index is -0.472. The second kappa shape index (κ2) is 6.57. The molecule has 0 aliphatic carbocycles. The first kappa shape index (κ1) is 13.9. The molecule has 1 atom stereocenters. The summed E-state index contributed by atoms with van der Waals surface area (Å²) in [4.78, 5) is 11.1. The number of nitrogens with one attached hydrogen (secondary N) is 1. The zero-order valence-corrected chi connectivity index (χ0v) is 9.94. The fourth-order valence-corrected chi connectivity index (χ4v) is 1.30. The lowest BCUT2D eigenvalue weighted by Crippen LogP contribution is -2.29. The average Bonchev–Trinajstić information content (AvgIpc) is 2.33. The number of ether oxygens (including phenoxy) is 1. The van der Waals surface area contributed by atoms with Crippen molar-refractivity contribution in [1.29, 1.82) is 5.26 Å². The minimum absolute atomic E-state index is 0.0832. The molecule has 6 heteroatoms. The summed E-state index contributed by atoms with van der Waals surface area (Å²) in [6, 6.07) is 5.59. The van der Waals surface area contributed by atoms with Gasteiger partial charge in [0.1, 0.15) is 18.1 Å². The molecule has 96 valence electrons. The molecule has 0 aliphatic rings. The topological polar surface area (TPSA) is 88.1 Å². The molecule has 3 N–H and O–H groups in total. The number of benzene rings is 1. The number of hydrogen-bond acceptors (Lipinski definition) is 4. The number of rotatable bonds is 5. The normalized spacial score (nSPS) is 11.4. The maximum Gasteiger partial charge on any atom is 0.258 e. The number of carbonyl (C=O) groups excluding carboxylic acids is 1. The van der Waals surface area contributed by atoms with E-state index in [0.29, 0.717) is 5.56 Å². The van der Waals surface area contributed by atoms with Gasteiger partial charge >= 0.3 is 0 Å². The van der Waals surface area contributed by atoms with Crippen molar-refractivity contribution >= 4 is 5.91 Å². The highest BCUT2D eigenvalue weighted by Crippen LogP contribution is 2.20. The van der Waals surface area contributed by atoms with Gasteiger partial charge in [-0.1, -0.05) is 6.07 Å². The van der Waals surface area contributed by atoms with Gasteiger partial charge in [-0.3, -0.25) is 4.79 Å². The fraction of sp³-hybridized carbons (Fsp3) is 0.333. The van der Waals surface area contributed by atoms with Crippen LogP contribution < -0.4 is 15.8 Å². The molecule has 5 nitrogen and oxygen atoms in total. The first-order valence-corrected chi connectivity index (χ1v) is 5.36. The van der Waals surface area contributed by atoms with Gasteiger partial charge in [0.15, 0.2) is 6.61 Å². The number of nitrogens with zero attached hydrogens (tertiary/aromatic N) is 1. The Morgan fingerprint density at radius 1 is 1.67 bits per heavy atom. The van der Waals surface area contributed by atoms with Crippen molar-refractivity contribution in [3.8, 4) is 11.8 Å². The van der Waals surface area contributed by atoms with Crippen LogP contribution in [0.2, 0.25) is 0 Å². The van der Waals surface area contributed by atoms with Gasteiger partial charge in [0.2, 0.25) is 0 Å². The zero-order valence-electron chi connectivity index (χ0n) is 9.94. The van der Waals surface area contributed by atoms with E-state index in [-0.39, 0.29) is 18.9 Å². The Morgan fingerprint density at radius 3 is 2.94 bits per heavy atom. The molecule has 1 aromatic carbocycles. The van der Waals surface area contributed by atoms with Crippen molar-refractivity contribution < 1.29 is 13.9 Å². The summed E-state index contributed by atoms with van der Waals surface area (Å²) in [5.74, 6) is -0.669. The van der Waals surface area contributed by atoms with E-state index in [1.54, 1.807) is 19.1 Å². The minimum Gasteiger partial charge on any atom is -0.484 e. The second-order valence-corrected chi connectivity index (χ2v) is 3.70. The van der Waals surface area contributed by atoms with Crippen LogP contribution in [-0.2, 0) is 4.79 Å². The molecule has 0 aliphatic heterocycles. The van der Waals surface area contributed by atoms with Crippen LogP contribution in [0.15, 0.2) is 18.2 Å². The van der Waals surface area contributed by atoms with Gasteiger partial charge in [0.25, 0.3) is 5.91 Å². The first-order valence-electron chi connectivity index (χ1n) is 5.36. The quantitative estimate of drug-likeness (QED) is 0.760. The fourth-order valence-electron chi connectivity index (χ4n) is 1.30. The third-order valence-corrected chi connectivity index (χ3v) is 2.20. The van der Waals surface area contributed by atoms with Gasteiger partial charge in [-0.15, -0.1) is 0 Å². The number of hydrogen-bond donors (Lipinski definition) is 2. The van der Waals surface area contributed by atoms with Crippen LogP contribution >= 0.6 is 0 Å². The SMILES string of the molecule is CC(N)c1ccc(OCC(=O)NCC#N)cc1F. The number of carbonyl (C=O) groups is 1. The average molecular weight is 251 g/mol. The van der Waals surface area contributed by atoms with Gasteiger partial charge in [-0.05, 0) is 13.0 Å². The summed E-state index contributed by atoms with van der Waals surface area (Å²) in [5.41, 5.74) is 5.95. The summed E-state index contributed by atoms with van der Waals surface area (Å²) in [6.07, 6.45) is 0. The monoisotopic (exact) mass is 251 g/mol. The van der Waals surface area contributed by atoms with Crippen LogP contribution in [0.3, 0.4) is 0 Å². The standard InChI is InChI=1S/C12H14FN3O2/c1-8(15)10-3-2-9(6-11(10)13)18-7-12(17)16-5-4-14/h2-3,6,8H,5,7,15H2,1H3,(H,16,17).